The van der Waals surface area contributed by atoms with Gasteiger partial charge in [-0.05, 0) is 89.6 Å². The number of hydrogen-bond donors (Lipinski definition) is 2. The van der Waals surface area contributed by atoms with Crippen molar-refractivity contribution < 1.29 is 42.6 Å². The second kappa shape index (κ2) is 18.0. The maximum Gasteiger partial charge on any atom is 0.408 e. The molecule has 2 amide bonds. The monoisotopic (exact) mass is 798 g/mol. The fraction of sp³-hybridized carbons (Fsp3) is 0.725. The van der Waals surface area contributed by atoms with Crippen LogP contribution in [0.5, 0.6) is 0 Å². The molecule has 0 spiro atoms. The molecule has 0 radical (unpaired) electrons. The van der Waals surface area contributed by atoms with Crippen molar-refractivity contribution in [1.29, 1.82) is 5.26 Å². The molecule has 310 valence electrons. The Morgan fingerprint density at radius 1 is 1.05 bits per heavy atom. The third kappa shape index (κ3) is 11.1. The summed E-state index contributed by atoms with van der Waals surface area (Å²) in [6.07, 6.45) is 3.45. The molecule has 4 rings (SSSR count). The van der Waals surface area contributed by atoms with Gasteiger partial charge in [-0.3, -0.25) is 9.59 Å². The molecule has 15 nitrogen and oxygen atoms in total. The van der Waals surface area contributed by atoms with Crippen molar-refractivity contribution in [2.45, 2.75) is 162 Å². The number of nitrogens with zero attached hydrogens (tertiary/aromatic N) is 4. The molecule has 0 unspecified atom stereocenters. The Hall–Kier alpha value is -4.07. The smallest absolute Gasteiger partial charge is 0.408 e. The second-order valence-corrected chi connectivity index (χ2v) is 22.5. The number of amides is 2. The first kappa shape index (κ1) is 44.6. The Morgan fingerprint density at radius 3 is 2.29 bits per heavy atom. The van der Waals surface area contributed by atoms with Crippen molar-refractivity contribution in [1.82, 2.24) is 19.9 Å². The van der Waals surface area contributed by atoms with Crippen molar-refractivity contribution in [3.05, 3.63) is 24.2 Å². The van der Waals surface area contributed by atoms with Gasteiger partial charge in [0, 0.05) is 12.3 Å². The predicted molar refractivity (Wildman–Crippen MR) is 211 cm³/mol. The fourth-order valence-corrected chi connectivity index (χ4v) is 8.32. The minimum atomic E-state index is -2.59. The number of carbonyl (C=O) groups is 4. The van der Waals surface area contributed by atoms with Crippen LogP contribution in [0.15, 0.2) is 18.5 Å². The van der Waals surface area contributed by atoms with Crippen molar-refractivity contribution in [3.8, 4) is 6.07 Å². The van der Waals surface area contributed by atoms with Gasteiger partial charge in [-0.25, -0.2) is 19.1 Å². The Labute approximate surface area is 332 Å². The molecular weight excluding hydrogens is 737 g/mol. The average molecular weight is 799 g/mol. The summed E-state index contributed by atoms with van der Waals surface area (Å²) >= 11 is 0. The normalized spacial score (nSPS) is 22.7. The van der Waals surface area contributed by atoms with Crippen molar-refractivity contribution in [2.24, 2.45) is 17.3 Å². The van der Waals surface area contributed by atoms with E-state index in [0.29, 0.717) is 18.4 Å². The number of ether oxygens (including phenoxy) is 4. The molecule has 2 aliphatic rings. The number of carbonyl (C=O) groups excluding carboxylic acids is 4. The van der Waals surface area contributed by atoms with E-state index in [1.807, 2.05) is 33.5 Å². The Bertz CT molecular complexity index is 1750. The van der Waals surface area contributed by atoms with E-state index in [2.05, 4.69) is 26.8 Å². The molecule has 5 atom stereocenters. The third-order valence-electron chi connectivity index (χ3n) is 10.1. The summed E-state index contributed by atoms with van der Waals surface area (Å²) < 4.78 is 32.5. The summed E-state index contributed by atoms with van der Waals surface area (Å²) in [6, 6.07) is 4.44. The Morgan fingerprint density at radius 2 is 1.71 bits per heavy atom. The summed E-state index contributed by atoms with van der Waals surface area (Å²) in [6.45, 7) is 19.8. The maximum absolute atomic E-state index is 14.3. The van der Waals surface area contributed by atoms with Crippen LogP contribution in [0, 0.1) is 28.6 Å². The topological polar surface area (TPSA) is 192 Å². The largest absolute Gasteiger partial charge is 0.463 e. The highest BCUT2D eigenvalue weighted by molar-refractivity contribution is 6.69. The lowest BCUT2D eigenvalue weighted by Crippen LogP contribution is -2.55. The molecule has 56 heavy (non-hydrogen) atoms. The highest BCUT2D eigenvalue weighted by Crippen LogP contribution is 2.45. The van der Waals surface area contributed by atoms with E-state index < -0.39 is 67.3 Å². The first-order valence-electron chi connectivity index (χ1n) is 19.9. The molecule has 1 aliphatic carbocycles. The lowest BCUT2D eigenvalue weighted by molar-refractivity contribution is -0.164. The predicted octanol–water partition coefficient (Wildman–Crippen LogP) is 6.81. The van der Waals surface area contributed by atoms with Gasteiger partial charge in [0.1, 0.15) is 48.4 Å². The third-order valence-corrected chi connectivity index (χ3v) is 11.0. The molecule has 2 aromatic heterocycles. The molecule has 2 aromatic rings. The van der Waals surface area contributed by atoms with Crippen LogP contribution in [-0.4, -0.2) is 83.4 Å². The first-order chi connectivity index (χ1) is 26.1. The number of nitriles is 1. The van der Waals surface area contributed by atoms with Crippen LogP contribution in [-0.2, 0) is 43.4 Å². The van der Waals surface area contributed by atoms with E-state index in [1.54, 1.807) is 53.7 Å². The molecule has 0 aromatic carbocycles. The lowest BCUT2D eigenvalue weighted by atomic mass is 9.86. The van der Waals surface area contributed by atoms with Crippen LogP contribution >= 0.6 is 0 Å². The van der Waals surface area contributed by atoms with Crippen LogP contribution in [0.4, 0.5) is 10.6 Å². The number of esters is 2. The lowest BCUT2D eigenvalue weighted by Gasteiger charge is -2.35. The number of hydrogen-bond acceptors (Lipinski definition) is 12. The van der Waals surface area contributed by atoms with Gasteiger partial charge in [-0.15, -0.1) is 0 Å². The van der Waals surface area contributed by atoms with Crippen LogP contribution in [0.1, 0.15) is 112 Å². The van der Waals surface area contributed by atoms with Gasteiger partial charge < -0.3 is 34.0 Å². The standard InChI is InChI=1S/C40H62N6O9Si/c1-12-26(13-2)35(48)45-34-27-19-20-29(46(27)43-24-42-34)40(23-41)33(55-56(9,10)11)31(28(53-40)22-51-30(47)21-25-17-15-14-16-18-25)52-36(49)32(38(3,4)5)44-37(50)54-39(6,7)8/h19-20,24-26,28,31-33H,12-18,21-22H2,1-11H3,(H,44,50)(H,42,43,45,48)/t28-,31-,32-,33-,40+/m1/s1. The molecule has 1 saturated heterocycles. The van der Waals surface area contributed by atoms with Crippen LogP contribution in [0.3, 0.4) is 0 Å². The molecule has 2 fully saturated rings. The highest BCUT2D eigenvalue weighted by Gasteiger charge is 2.62. The van der Waals surface area contributed by atoms with Crippen molar-refractivity contribution >= 4 is 43.6 Å². The van der Waals surface area contributed by atoms with E-state index in [9.17, 15) is 24.4 Å². The first-order valence-corrected chi connectivity index (χ1v) is 23.3. The van der Waals surface area contributed by atoms with Gasteiger partial charge in [-0.1, -0.05) is 53.9 Å². The van der Waals surface area contributed by atoms with E-state index in [0.717, 1.165) is 32.1 Å². The zero-order valence-corrected chi connectivity index (χ0v) is 36.0. The van der Waals surface area contributed by atoms with Crippen molar-refractivity contribution in [2.75, 3.05) is 11.9 Å². The van der Waals surface area contributed by atoms with Gasteiger partial charge in [-0.2, -0.15) is 10.4 Å². The van der Waals surface area contributed by atoms with E-state index in [4.69, 9.17) is 23.4 Å². The molecule has 16 heteroatoms. The highest BCUT2D eigenvalue weighted by atomic mass is 28.4. The quantitative estimate of drug-likeness (QED) is 0.116. The molecule has 1 aliphatic heterocycles. The maximum atomic E-state index is 14.3. The Balaban J connectivity index is 1.79. The van der Waals surface area contributed by atoms with Crippen molar-refractivity contribution in [3.63, 3.8) is 0 Å². The number of aromatic nitrogens is 3. The van der Waals surface area contributed by atoms with E-state index in [1.165, 1.54) is 10.8 Å². The number of rotatable bonds is 14. The van der Waals surface area contributed by atoms with Gasteiger partial charge in [0.05, 0.1) is 5.69 Å². The minimum Gasteiger partial charge on any atom is -0.463 e. The van der Waals surface area contributed by atoms with E-state index in [-0.39, 0.29) is 42.3 Å². The molecule has 0 bridgehead atoms. The summed E-state index contributed by atoms with van der Waals surface area (Å²) in [7, 11) is -2.59. The summed E-state index contributed by atoms with van der Waals surface area (Å²) in [5.74, 6) is -1.19. The number of alkyl carbamates (subject to hydrolysis) is 1. The SMILES string of the molecule is CCC(CC)C(=O)Nc1ncnn2c([C@]3(C#N)O[C@H](COC(=O)CC4CCCCC4)[C@@H](OC(=O)[C@@H](NC(=O)OC(C)(C)C)C(C)(C)C)[C@H]3O[Si](C)(C)C)ccc12. The van der Waals surface area contributed by atoms with Crippen LogP contribution in [0.25, 0.3) is 5.52 Å². The zero-order chi connectivity index (χ0) is 41.6. The minimum absolute atomic E-state index is 0.194. The van der Waals surface area contributed by atoms with Crippen LogP contribution in [0.2, 0.25) is 19.6 Å². The molecular formula is C40H62N6O9Si. The molecule has 2 N–H and O–H groups in total. The number of anilines is 1. The van der Waals surface area contributed by atoms with Gasteiger partial charge in [0.15, 0.2) is 20.2 Å². The second-order valence-electron chi connectivity index (χ2n) is 18.0. The van der Waals surface area contributed by atoms with Gasteiger partial charge in [0.2, 0.25) is 11.5 Å². The summed E-state index contributed by atoms with van der Waals surface area (Å²) in [4.78, 5) is 58.0. The Kier molecular flexibility index (Phi) is 14.4. The number of nitrogens with one attached hydrogen (secondary N) is 2. The van der Waals surface area contributed by atoms with E-state index >= 15 is 0 Å². The molecule has 3 heterocycles. The summed E-state index contributed by atoms with van der Waals surface area (Å²) in [5, 5.41) is 21.2. The fourth-order valence-electron chi connectivity index (χ4n) is 7.26. The summed E-state index contributed by atoms with van der Waals surface area (Å²) in [5.41, 5.74) is -3.00. The average Bonchev–Trinajstić information content (AvgIpc) is 3.65. The van der Waals surface area contributed by atoms with Crippen LogP contribution < -0.4 is 10.6 Å². The zero-order valence-electron chi connectivity index (χ0n) is 35.0. The number of fused-ring (bicyclic) bond motifs is 1. The van der Waals surface area contributed by atoms with Gasteiger partial charge >= 0.3 is 18.0 Å². The molecule has 1 saturated carbocycles. The van der Waals surface area contributed by atoms with Gasteiger partial charge in [0.25, 0.3) is 0 Å².